The van der Waals surface area contributed by atoms with E-state index in [9.17, 15) is 13.2 Å². The Morgan fingerprint density at radius 2 is 2.05 bits per heavy atom. The van der Waals surface area contributed by atoms with Gasteiger partial charge >= 0.3 is 5.97 Å². The maximum Gasteiger partial charge on any atom is 0.337 e. The van der Waals surface area contributed by atoms with Crippen molar-refractivity contribution in [3.63, 3.8) is 0 Å². The Bertz CT molecular complexity index is 539. The summed E-state index contributed by atoms with van der Waals surface area (Å²) in [4.78, 5) is 14.2. The Morgan fingerprint density at radius 3 is 2.42 bits per heavy atom. The van der Waals surface area contributed by atoms with E-state index in [1.165, 1.54) is 0 Å². The smallest absolute Gasteiger partial charge is 0.337 e. The molecule has 0 radical (unpaired) electrons. The number of sulfonamides is 1. The standard InChI is InChI=1S/C11H16N2O5S/c1-7(2)9(6-14)13-19(17,18)10-4-3-8(5-12-10)11(15)16/h3-5,7,9,13-14H,6H2,1-2H3,(H,15,16)/t9-/m1/s1. The zero-order valence-electron chi connectivity index (χ0n) is 10.6. The minimum absolute atomic E-state index is 0.0851. The molecule has 0 unspecified atom stereocenters. The second-order valence-corrected chi connectivity index (χ2v) is 6.01. The topological polar surface area (TPSA) is 117 Å². The van der Waals surface area contributed by atoms with Gasteiger partial charge in [0.1, 0.15) is 0 Å². The summed E-state index contributed by atoms with van der Waals surface area (Å²) in [7, 11) is -3.87. The lowest BCUT2D eigenvalue weighted by Gasteiger charge is -2.19. The molecule has 0 fully saturated rings. The van der Waals surface area contributed by atoms with E-state index >= 15 is 0 Å². The molecule has 0 aromatic carbocycles. The molecule has 3 N–H and O–H groups in total. The average Bonchev–Trinajstić information content (AvgIpc) is 2.35. The van der Waals surface area contributed by atoms with Crippen molar-refractivity contribution in [1.82, 2.24) is 9.71 Å². The van der Waals surface area contributed by atoms with Crippen LogP contribution in [0, 0.1) is 5.92 Å². The van der Waals surface area contributed by atoms with Crippen LogP contribution in [0.4, 0.5) is 0 Å². The number of rotatable bonds is 6. The SMILES string of the molecule is CC(C)[C@@H](CO)NS(=O)(=O)c1ccc(C(=O)O)cn1. The van der Waals surface area contributed by atoms with Gasteiger partial charge < -0.3 is 10.2 Å². The molecule has 0 aliphatic heterocycles. The van der Waals surface area contributed by atoms with Gasteiger partial charge in [-0.2, -0.15) is 0 Å². The third-order valence-corrected chi connectivity index (χ3v) is 3.97. The number of aliphatic hydroxyl groups is 1. The van der Waals surface area contributed by atoms with E-state index in [1.54, 1.807) is 13.8 Å². The van der Waals surface area contributed by atoms with Gasteiger partial charge in [-0.1, -0.05) is 13.8 Å². The first-order chi connectivity index (χ1) is 8.77. The minimum Gasteiger partial charge on any atom is -0.478 e. The van der Waals surface area contributed by atoms with E-state index in [1.807, 2.05) is 0 Å². The van der Waals surface area contributed by atoms with Crippen LogP contribution < -0.4 is 4.72 Å². The van der Waals surface area contributed by atoms with Gasteiger partial charge in [0.2, 0.25) is 0 Å². The van der Waals surface area contributed by atoms with Crippen molar-refractivity contribution in [1.29, 1.82) is 0 Å². The Hall–Kier alpha value is -1.51. The van der Waals surface area contributed by atoms with Crippen molar-refractivity contribution in [3.8, 4) is 0 Å². The number of aromatic nitrogens is 1. The van der Waals surface area contributed by atoms with E-state index in [4.69, 9.17) is 10.2 Å². The number of carboxylic acids is 1. The first-order valence-corrected chi connectivity index (χ1v) is 7.08. The molecular weight excluding hydrogens is 272 g/mol. The molecule has 106 valence electrons. The van der Waals surface area contributed by atoms with Gasteiger partial charge in [0.15, 0.2) is 5.03 Å². The molecule has 1 aromatic heterocycles. The van der Waals surface area contributed by atoms with Gasteiger partial charge in [0, 0.05) is 12.2 Å². The highest BCUT2D eigenvalue weighted by atomic mass is 32.2. The van der Waals surface area contributed by atoms with Crippen LogP contribution >= 0.6 is 0 Å². The molecule has 19 heavy (non-hydrogen) atoms. The number of carboxylic acid groups (broad SMARTS) is 1. The predicted octanol–water partition coefficient (Wildman–Crippen LogP) is 0.0750. The van der Waals surface area contributed by atoms with Gasteiger partial charge in [-0.3, -0.25) is 0 Å². The molecule has 1 heterocycles. The van der Waals surface area contributed by atoms with Gasteiger partial charge in [0.25, 0.3) is 10.0 Å². The largest absolute Gasteiger partial charge is 0.478 e. The second-order valence-electron chi connectivity index (χ2n) is 4.34. The summed E-state index contributed by atoms with van der Waals surface area (Å²) in [5.41, 5.74) is -0.0958. The van der Waals surface area contributed by atoms with Gasteiger partial charge in [-0.15, -0.1) is 0 Å². The number of hydrogen-bond donors (Lipinski definition) is 3. The average molecular weight is 288 g/mol. The van der Waals surface area contributed by atoms with Crippen molar-refractivity contribution in [2.75, 3.05) is 6.61 Å². The molecule has 0 saturated carbocycles. The number of carbonyl (C=O) groups is 1. The van der Waals surface area contributed by atoms with Crippen molar-refractivity contribution >= 4 is 16.0 Å². The number of hydrogen-bond acceptors (Lipinski definition) is 5. The number of nitrogens with zero attached hydrogens (tertiary/aromatic N) is 1. The molecule has 8 heteroatoms. The molecule has 1 aromatic rings. The molecule has 0 aliphatic carbocycles. The third kappa shape index (κ3) is 3.98. The summed E-state index contributed by atoms with van der Waals surface area (Å²) < 4.78 is 26.2. The Labute approximate surface area is 111 Å². The molecular formula is C11H16N2O5S. The summed E-state index contributed by atoms with van der Waals surface area (Å²) in [6, 6.07) is 1.65. The van der Waals surface area contributed by atoms with Crippen LogP contribution in [-0.2, 0) is 10.0 Å². The summed E-state index contributed by atoms with van der Waals surface area (Å²) in [5, 5.41) is 17.5. The minimum atomic E-state index is -3.87. The van der Waals surface area contributed by atoms with E-state index in [0.29, 0.717) is 0 Å². The van der Waals surface area contributed by atoms with Crippen LogP contribution in [0.15, 0.2) is 23.4 Å². The highest BCUT2D eigenvalue weighted by molar-refractivity contribution is 7.89. The second kappa shape index (κ2) is 6.09. The summed E-state index contributed by atoms with van der Waals surface area (Å²) >= 11 is 0. The predicted molar refractivity (Wildman–Crippen MR) is 67.2 cm³/mol. The van der Waals surface area contributed by atoms with Crippen molar-refractivity contribution in [3.05, 3.63) is 23.9 Å². The number of pyridine rings is 1. The Balaban J connectivity index is 2.97. The fourth-order valence-corrected chi connectivity index (χ4v) is 2.61. The van der Waals surface area contributed by atoms with Crippen molar-refractivity contribution in [2.45, 2.75) is 24.9 Å². The Morgan fingerprint density at radius 1 is 1.42 bits per heavy atom. The van der Waals surface area contributed by atoms with E-state index in [-0.39, 0.29) is 23.1 Å². The molecule has 0 bridgehead atoms. The van der Waals surface area contributed by atoms with Crippen LogP contribution in [0.25, 0.3) is 0 Å². The zero-order valence-corrected chi connectivity index (χ0v) is 11.4. The number of aromatic carboxylic acids is 1. The first kappa shape index (κ1) is 15.5. The zero-order chi connectivity index (χ0) is 14.6. The number of nitrogens with one attached hydrogen (secondary N) is 1. The molecule has 0 saturated heterocycles. The highest BCUT2D eigenvalue weighted by Gasteiger charge is 2.23. The van der Waals surface area contributed by atoms with E-state index in [2.05, 4.69) is 9.71 Å². The monoisotopic (exact) mass is 288 g/mol. The first-order valence-electron chi connectivity index (χ1n) is 5.60. The van der Waals surface area contributed by atoms with Crippen LogP contribution in [0.5, 0.6) is 0 Å². The number of aliphatic hydroxyl groups excluding tert-OH is 1. The normalized spacial score (nSPS) is 13.5. The quantitative estimate of drug-likeness (QED) is 0.682. The van der Waals surface area contributed by atoms with Crippen molar-refractivity contribution in [2.24, 2.45) is 5.92 Å². The van der Waals surface area contributed by atoms with Crippen LogP contribution in [0.1, 0.15) is 24.2 Å². The molecule has 7 nitrogen and oxygen atoms in total. The molecule has 0 aliphatic rings. The van der Waals surface area contributed by atoms with E-state index < -0.39 is 22.0 Å². The highest BCUT2D eigenvalue weighted by Crippen LogP contribution is 2.10. The Kier molecular flexibility index (Phi) is 4.98. The van der Waals surface area contributed by atoms with Crippen LogP contribution in [0.2, 0.25) is 0 Å². The van der Waals surface area contributed by atoms with E-state index in [0.717, 1.165) is 18.3 Å². The molecule has 0 spiro atoms. The third-order valence-electron chi connectivity index (χ3n) is 2.57. The van der Waals surface area contributed by atoms with Crippen LogP contribution in [0.3, 0.4) is 0 Å². The summed E-state index contributed by atoms with van der Waals surface area (Å²) in [6.07, 6.45) is 0.972. The fraction of sp³-hybridized carbons (Fsp3) is 0.455. The summed E-state index contributed by atoms with van der Waals surface area (Å²) in [6.45, 7) is 3.21. The maximum atomic E-state index is 12.0. The lowest BCUT2D eigenvalue weighted by Crippen LogP contribution is -2.41. The lowest BCUT2D eigenvalue weighted by molar-refractivity contribution is 0.0696. The van der Waals surface area contributed by atoms with Gasteiger partial charge in [-0.25, -0.2) is 22.9 Å². The maximum absolute atomic E-state index is 12.0. The van der Waals surface area contributed by atoms with Gasteiger partial charge in [-0.05, 0) is 18.1 Å². The lowest BCUT2D eigenvalue weighted by atomic mass is 10.1. The molecule has 1 atom stereocenters. The fourth-order valence-electron chi connectivity index (χ4n) is 1.31. The van der Waals surface area contributed by atoms with Crippen molar-refractivity contribution < 1.29 is 23.4 Å². The van der Waals surface area contributed by atoms with Crippen LogP contribution in [-0.4, -0.2) is 42.2 Å². The van der Waals surface area contributed by atoms with Gasteiger partial charge in [0.05, 0.1) is 12.2 Å². The molecule has 1 rings (SSSR count). The molecule has 0 amide bonds. The summed E-state index contributed by atoms with van der Waals surface area (Å²) in [5.74, 6) is -1.27.